The molecule has 10 nitrogen and oxygen atoms in total. The maximum atomic E-state index is 6.50. The highest BCUT2D eigenvalue weighted by molar-refractivity contribution is 5.77. The van der Waals surface area contributed by atoms with Gasteiger partial charge in [-0.3, -0.25) is 0 Å². The summed E-state index contributed by atoms with van der Waals surface area (Å²) in [5.74, 6) is 13.5. The number of unbranched alkanes of at least 4 members (excludes halogenated alkanes) is 2. The normalized spacial score (nSPS) is 15.5. The van der Waals surface area contributed by atoms with Gasteiger partial charge in [-0.1, -0.05) is 33.1 Å². The Morgan fingerprint density at radius 2 is 1.69 bits per heavy atom. The van der Waals surface area contributed by atoms with Gasteiger partial charge in [0, 0.05) is 20.1 Å². The van der Waals surface area contributed by atoms with Crippen molar-refractivity contribution < 1.29 is 4.74 Å². The van der Waals surface area contributed by atoms with Crippen LogP contribution in [0.5, 0.6) is 5.75 Å². The summed E-state index contributed by atoms with van der Waals surface area (Å²) in [6.07, 6.45) is 10.4. The standard InChI is InChI=1S/C25H47N9O/c1-5-7-16-33(17-8-6-2)25(27)31-34(29)18-22(32(4)28)24(26)21-14-15-23(19(3)30-21)35-20-12-10-9-11-13-20/h14-15,20H,5-13,16-18,26,28-29H2,1-4H3,(H2,27,31)/b24-22-. The number of hydrazone groups is 1. The smallest absolute Gasteiger partial charge is 0.215 e. The predicted molar refractivity (Wildman–Crippen MR) is 143 cm³/mol. The third-order valence-corrected chi connectivity index (χ3v) is 6.33. The van der Waals surface area contributed by atoms with Crippen molar-refractivity contribution in [2.24, 2.45) is 28.3 Å². The zero-order valence-electron chi connectivity index (χ0n) is 22.2. The van der Waals surface area contributed by atoms with Crippen molar-refractivity contribution in [1.82, 2.24) is 20.0 Å². The van der Waals surface area contributed by atoms with Gasteiger partial charge in [-0.05, 0) is 57.6 Å². The minimum Gasteiger partial charge on any atom is -0.489 e. The molecular weight excluding hydrogens is 442 g/mol. The zero-order valence-corrected chi connectivity index (χ0v) is 22.2. The van der Waals surface area contributed by atoms with Crippen molar-refractivity contribution in [2.75, 3.05) is 26.7 Å². The molecule has 1 saturated carbocycles. The van der Waals surface area contributed by atoms with Gasteiger partial charge >= 0.3 is 0 Å². The van der Waals surface area contributed by atoms with E-state index < -0.39 is 0 Å². The van der Waals surface area contributed by atoms with Gasteiger partial charge in [0.25, 0.3) is 0 Å². The van der Waals surface area contributed by atoms with Crippen LogP contribution in [0.15, 0.2) is 22.9 Å². The molecule has 0 aromatic carbocycles. The molecule has 1 aliphatic rings. The third kappa shape index (κ3) is 9.10. The maximum Gasteiger partial charge on any atom is 0.215 e. The molecule has 0 bridgehead atoms. The fraction of sp³-hybridized carbons (Fsp3) is 0.680. The molecule has 10 heteroatoms. The van der Waals surface area contributed by atoms with Crippen LogP contribution in [0.25, 0.3) is 5.70 Å². The molecule has 0 radical (unpaired) electrons. The molecule has 8 N–H and O–H groups in total. The number of nitrogens with zero attached hydrogens (tertiary/aromatic N) is 5. The topological polar surface area (TPSA) is 148 Å². The van der Waals surface area contributed by atoms with E-state index in [0.29, 0.717) is 23.0 Å². The molecule has 1 heterocycles. The highest BCUT2D eigenvalue weighted by Crippen LogP contribution is 2.26. The summed E-state index contributed by atoms with van der Waals surface area (Å²) in [4.78, 5) is 6.76. The van der Waals surface area contributed by atoms with Crippen molar-refractivity contribution in [3.05, 3.63) is 29.2 Å². The second-order valence-corrected chi connectivity index (χ2v) is 9.38. The van der Waals surface area contributed by atoms with Gasteiger partial charge in [-0.25, -0.2) is 21.8 Å². The number of guanidine groups is 1. The largest absolute Gasteiger partial charge is 0.489 e. The number of pyridine rings is 1. The number of likely N-dealkylation sites (N-methyl/N-ethyl adjacent to an activating group) is 1. The van der Waals surface area contributed by atoms with Gasteiger partial charge in [0.15, 0.2) is 0 Å². The molecule has 0 aliphatic heterocycles. The van der Waals surface area contributed by atoms with Crippen molar-refractivity contribution in [3.63, 3.8) is 0 Å². The number of hydrazine groups is 2. The first-order chi connectivity index (χ1) is 16.8. The van der Waals surface area contributed by atoms with Crippen LogP contribution < -0.4 is 27.9 Å². The van der Waals surface area contributed by atoms with E-state index in [1.807, 2.05) is 19.1 Å². The van der Waals surface area contributed by atoms with Gasteiger partial charge in [0.05, 0.1) is 35.4 Å². The third-order valence-electron chi connectivity index (χ3n) is 6.33. The van der Waals surface area contributed by atoms with Crippen molar-refractivity contribution in [3.8, 4) is 5.75 Å². The van der Waals surface area contributed by atoms with Crippen LogP contribution in [0.3, 0.4) is 0 Å². The van der Waals surface area contributed by atoms with E-state index in [9.17, 15) is 0 Å². The van der Waals surface area contributed by atoms with Crippen molar-refractivity contribution in [1.29, 1.82) is 0 Å². The summed E-state index contributed by atoms with van der Waals surface area (Å²) in [7, 11) is 1.71. The van der Waals surface area contributed by atoms with E-state index in [0.717, 1.165) is 63.1 Å². The van der Waals surface area contributed by atoms with E-state index in [1.54, 1.807) is 7.05 Å². The van der Waals surface area contributed by atoms with E-state index in [-0.39, 0.29) is 12.6 Å². The Balaban J connectivity index is 2.16. The molecular formula is C25H47N9O. The summed E-state index contributed by atoms with van der Waals surface area (Å²) in [6.45, 7) is 8.11. The fourth-order valence-electron chi connectivity index (χ4n) is 4.14. The number of nitrogens with two attached hydrogens (primary N) is 4. The second-order valence-electron chi connectivity index (χ2n) is 9.38. The van der Waals surface area contributed by atoms with Gasteiger partial charge in [-0.2, -0.15) is 0 Å². The Kier molecular flexibility index (Phi) is 11.9. The molecule has 2 rings (SSSR count). The van der Waals surface area contributed by atoms with Crippen LogP contribution in [0.4, 0.5) is 0 Å². The first-order valence-corrected chi connectivity index (χ1v) is 13.0. The summed E-state index contributed by atoms with van der Waals surface area (Å²) in [6, 6.07) is 3.79. The monoisotopic (exact) mass is 489 g/mol. The van der Waals surface area contributed by atoms with E-state index in [1.165, 1.54) is 29.4 Å². The summed E-state index contributed by atoms with van der Waals surface area (Å²) >= 11 is 0. The number of aromatic nitrogens is 1. The Hall–Kier alpha value is -2.72. The summed E-state index contributed by atoms with van der Waals surface area (Å²) in [5.41, 5.74) is 15.2. The first kappa shape index (κ1) is 28.5. The molecule has 0 amide bonds. The molecule has 1 aromatic rings. The van der Waals surface area contributed by atoms with Crippen LogP contribution in [0.1, 0.15) is 83.0 Å². The molecule has 198 valence electrons. The molecule has 0 atom stereocenters. The molecule has 1 aliphatic carbocycles. The van der Waals surface area contributed by atoms with Crippen molar-refractivity contribution >= 4 is 11.7 Å². The molecule has 1 fully saturated rings. The zero-order chi connectivity index (χ0) is 25.8. The lowest BCUT2D eigenvalue weighted by Crippen LogP contribution is -2.43. The Morgan fingerprint density at radius 1 is 1.06 bits per heavy atom. The van der Waals surface area contributed by atoms with Crippen LogP contribution in [0, 0.1) is 6.92 Å². The molecule has 0 saturated heterocycles. The molecule has 0 spiro atoms. The molecule has 0 unspecified atom stereocenters. The minimum atomic E-state index is 0.177. The van der Waals surface area contributed by atoms with Gasteiger partial charge in [0.1, 0.15) is 5.75 Å². The van der Waals surface area contributed by atoms with E-state index in [4.69, 9.17) is 27.9 Å². The maximum absolute atomic E-state index is 6.50. The van der Waals surface area contributed by atoms with Crippen LogP contribution in [0.2, 0.25) is 0 Å². The quantitative estimate of drug-likeness (QED) is 0.142. The average molecular weight is 490 g/mol. The van der Waals surface area contributed by atoms with Gasteiger partial charge in [-0.15, -0.1) is 5.10 Å². The Morgan fingerprint density at radius 3 is 2.23 bits per heavy atom. The van der Waals surface area contributed by atoms with Crippen LogP contribution in [-0.4, -0.2) is 58.8 Å². The fourth-order valence-corrected chi connectivity index (χ4v) is 4.14. The number of aryl methyl sites for hydroxylation is 1. The number of hydrogen-bond donors (Lipinski definition) is 4. The lowest BCUT2D eigenvalue weighted by atomic mass is 9.98. The van der Waals surface area contributed by atoms with Crippen molar-refractivity contribution in [2.45, 2.75) is 84.7 Å². The average Bonchev–Trinajstić information content (AvgIpc) is 2.83. The lowest BCUT2D eigenvalue weighted by molar-refractivity contribution is 0.153. The van der Waals surface area contributed by atoms with Crippen LogP contribution >= 0.6 is 0 Å². The van der Waals surface area contributed by atoms with E-state index >= 15 is 0 Å². The van der Waals surface area contributed by atoms with E-state index in [2.05, 4.69) is 28.8 Å². The number of ether oxygens (including phenoxy) is 1. The lowest BCUT2D eigenvalue weighted by Gasteiger charge is -2.27. The highest BCUT2D eigenvalue weighted by Gasteiger charge is 2.18. The predicted octanol–water partition coefficient (Wildman–Crippen LogP) is 2.84. The SMILES string of the molecule is CCCCN(CCCC)/C(N)=N/N(N)C/C(=C(/N)c1ccc(OC2CCCCC2)c(C)n1)N(C)N. The summed E-state index contributed by atoms with van der Waals surface area (Å²) < 4.78 is 6.20. The minimum absolute atomic E-state index is 0.177. The number of rotatable bonds is 13. The van der Waals surface area contributed by atoms with Gasteiger partial charge < -0.3 is 26.1 Å². The van der Waals surface area contributed by atoms with Crippen LogP contribution in [-0.2, 0) is 0 Å². The summed E-state index contributed by atoms with van der Waals surface area (Å²) in [5, 5.41) is 7.11. The highest BCUT2D eigenvalue weighted by atomic mass is 16.5. The Labute approximate surface area is 211 Å². The van der Waals surface area contributed by atoms with Gasteiger partial charge in [0.2, 0.25) is 5.96 Å². The molecule has 35 heavy (non-hydrogen) atoms. The second kappa shape index (κ2) is 14.6. The first-order valence-electron chi connectivity index (χ1n) is 13.0. The molecule has 1 aromatic heterocycles. The number of hydrogen-bond acceptors (Lipinski definition) is 8. The Bertz CT molecular complexity index is 826.